The Labute approximate surface area is 68.7 Å². The third-order valence-corrected chi connectivity index (χ3v) is 1.19. The topological polar surface area (TPSA) is 95.2 Å². The van der Waals surface area contributed by atoms with Gasteiger partial charge in [-0.15, -0.1) is 0 Å². The molecule has 5 heteroatoms. The van der Waals surface area contributed by atoms with Crippen LogP contribution in [0.15, 0.2) is 0 Å². The Hall–Kier alpha value is -2.11. The smallest absolute Gasteiger partial charge is 0.166 e. The van der Waals surface area contributed by atoms with Crippen LogP contribution in [0.5, 0.6) is 0 Å². The van der Waals surface area contributed by atoms with E-state index in [9.17, 15) is 4.39 Å². The van der Waals surface area contributed by atoms with E-state index < -0.39 is 18.0 Å². The average molecular weight is 162 g/mol. The van der Waals surface area contributed by atoms with Crippen LogP contribution in [-0.4, -0.2) is 6.17 Å². The highest BCUT2D eigenvalue weighted by Crippen LogP contribution is 2.15. The van der Waals surface area contributed by atoms with Crippen molar-refractivity contribution in [3.05, 3.63) is 0 Å². The molecule has 58 valence electrons. The van der Waals surface area contributed by atoms with Crippen LogP contribution in [0.4, 0.5) is 4.39 Å². The molecular weight excluding hydrogens is 159 g/mol. The van der Waals surface area contributed by atoms with Crippen molar-refractivity contribution in [3.8, 4) is 24.3 Å². The van der Waals surface area contributed by atoms with Gasteiger partial charge in [-0.3, -0.25) is 0 Å². The molecule has 0 aliphatic carbocycles. The molecule has 0 aromatic heterocycles. The van der Waals surface area contributed by atoms with E-state index in [0.717, 1.165) is 0 Å². The van der Waals surface area contributed by atoms with Crippen molar-refractivity contribution in [2.45, 2.75) is 6.17 Å². The molecule has 0 heterocycles. The minimum Gasteiger partial charge on any atom is -0.242 e. The zero-order chi connectivity index (χ0) is 9.56. The Kier molecular flexibility index (Phi) is 3.85. The highest BCUT2D eigenvalue weighted by Gasteiger charge is 2.29. The Bertz CT molecular complexity index is 250. The largest absolute Gasteiger partial charge is 0.242 e. The van der Waals surface area contributed by atoms with Crippen LogP contribution < -0.4 is 0 Å². The average Bonchev–Trinajstić information content (AvgIpc) is 2.09. The summed E-state index contributed by atoms with van der Waals surface area (Å²) in [4.78, 5) is 0. The van der Waals surface area contributed by atoms with E-state index in [-0.39, 0.29) is 0 Å². The zero-order valence-electron chi connectivity index (χ0n) is 5.90. The van der Waals surface area contributed by atoms with Gasteiger partial charge in [0.25, 0.3) is 0 Å². The van der Waals surface area contributed by atoms with Crippen LogP contribution in [0.1, 0.15) is 0 Å². The molecule has 12 heavy (non-hydrogen) atoms. The van der Waals surface area contributed by atoms with Gasteiger partial charge in [-0.2, -0.15) is 21.0 Å². The lowest BCUT2D eigenvalue weighted by Crippen LogP contribution is -2.20. The van der Waals surface area contributed by atoms with Crippen molar-refractivity contribution in [3.63, 3.8) is 0 Å². The van der Waals surface area contributed by atoms with Gasteiger partial charge in [-0.25, -0.2) is 4.39 Å². The number of alkyl halides is 1. The lowest BCUT2D eigenvalue weighted by atomic mass is 9.96. The van der Waals surface area contributed by atoms with E-state index in [0.29, 0.717) is 0 Å². The number of halogens is 1. The Morgan fingerprint density at radius 2 is 1.00 bits per heavy atom. The normalized spacial score (nSPS) is 8.67. The third-order valence-electron chi connectivity index (χ3n) is 1.19. The van der Waals surface area contributed by atoms with Gasteiger partial charge in [0, 0.05) is 0 Å². The predicted octanol–water partition coefficient (Wildman–Crippen LogP) is 0.651. The van der Waals surface area contributed by atoms with Crippen molar-refractivity contribution < 1.29 is 4.39 Å². The number of nitrogens with zero attached hydrogens (tertiary/aromatic N) is 4. The maximum absolute atomic E-state index is 12.8. The summed E-state index contributed by atoms with van der Waals surface area (Å²) in [5, 5.41) is 32.8. The zero-order valence-corrected chi connectivity index (χ0v) is 5.90. The van der Waals surface area contributed by atoms with E-state index in [1.54, 1.807) is 0 Å². The monoisotopic (exact) mass is 162 g/mol. The number of rotatable bonds is 2. The lowest BCUT2D eigenvalue weighted by molar-refractivity contribution is 0.270. The fourth-order valence-corrected chi connectivity index (χ4v) is 0.535. The minimum absolute atomic E-state index is 1.36. The van der Waals surface area contributed by atoms with Crippen LogP contribution in [-0.2, 0) is 0 Å². The van der Waals surface area contributed by atoms with Gasteiger partial charge in [0.2, 0.25) is 0 Å². The fraction of sp³-hybridized carbons (Fsp3) is 0.429. The third kappa shape index (κ3) is 1.94. The maximum Gasteiger partial charge on any atom is 0.166 e. The number of hydrogen-bond acceptors (Lipinski definition) is 4. The van der Waals surface area contributed by atoms with Crippen LogP contribution in [0.25, 0.3) is 0 Å². The van der Waals surface area contributed by atoms with Gasteiger partial charge in [0.1, 0.15) is 0 Å². The van der Waals surface area contributed by atoms with E-state index in [4.69, 9.17) is 21.0 Å². The molecule has 4 nitrogen and oxygen atoms in total. The van der Waals surface area contributed by atoms with Gasteiger partial charge in [-0.1, -0.05) is 0 Å². The van der Waals surface area contributed by atoms with E-state index in [1.807, 2.05) is 0 Å². The molecule has 0 bridgehead atoms. The van der Waals surface area contributed by atoms with E-state index >= 15 is 0 Å². The molecule has 0 aliphatic heterocycles. The van der Waals surface area contributed by atoms with E-state index in [1.165, 1.54) is 24.3 Å². The summed E-state index contributed by atoms with van der Waals surface area (Å²) in [6.45, 7) is 0. The van der Waals surface area contributed by atoms with Crippen molar-refractivity contribution in [2.75, 3.05) is 0 Å². The summed E-state index contributed by atoms with van der Waals surface area (Å²) in [5.74, 6) is -3.09. The second-order valence-corrected chi connectivity index (χ2v) is 1.92. The van der Waals surface area contributed by atoms with Crippen LogP contribution >= 0.6 is 0 Å². The standard InChI is InChI=1S/C7H3FN4/c8-7(5(1-9)2-10)6(3-11)4-12/h5-7H. The SMILES string of the molecule is N#CC(C#N)C(F)C(C#N)C#N. The van der Waals surface area contributed by atoms with Crippen molar-refractivity contribution >= 4 is 0 Å². The summed E-state index contributed by atoms with van der Waals surface area (Å²) >= 11 is 0. The van der Waals surface area contributed by atoms with Crippen molar-refractivity contribution in [1.82, 2.24) is 0 Å². The van der Waals surface area contributed by atoms with Crippen molar-refractivity contribution in [1.29, 1.82) is 21.0 Å². The number of hydrogen-bond donors (Lipinski definition) is 0. The molecule has 0 radical (unpaired) electrons. The molecule has 0 aliphatic rings. The Balaban J connectivity index is 4.54. The first kappa shape index (κ1) is 9.89. The fourth-order valence-electron chi connectivity index (χ4n) is 0.535. The van der Waals surface area contributed by atoms with Gasteiger partial charge < -0.3 is 0 Å². The van der Waals surface area contributed by atoms with Crippen LogP contribution in [0.3, 0.4) is 0 Å². The maximum atomic E-state index is 12.8. The summed E-state index contributed by atoms with van der Waals surface area (Å²) in [5.41, 5.74) is 0. The number of nitriles is 4. The van der Waals surface area contributed by atoms with Crippen LogP contribution in [0, 0.1) is 57.2 Å². The van der Waals surface area contributed by atoms with Gasteiger partial charge in [-0.05, 0) is 0 Å². The highest BCUT2D eigenvalue weighted by atomic mass is 19.1. The summed E-state index contributed by atoms with van der Waals surface area (Å²) in [6, 6.07) is 5.45. The molecular formula is C7H3FN4. The molecule has 0 saturated heterocycles. The first-order valence-corrected chi connectivity index (χ1v) is 2.93. The quantitative estimate of drug-likeness (QED) is 0.595. The summed E-state index contributed by atoms with van der Waals surface area (Å²) < 4.78 is 12.8. The predicted molar refractivity (Wildman–Crippen MR) is 34.3 cm³/mol. The Morgan fingerprint density at radius 1 is 0.750 bits per heavy atom. The highest BCUT2D eigenvalue weighted by molar-refractivity contribution is 5.13. The molecule has 0 fully saturated rings. The molecule has 0 rings (SSSR count). The molecule has 0 N–H and O–H groups in total. The molecule has 0 aromatic rings. The lowest BCUT2D eigenvalue weighted by Gasteiger charge is -2.06. The summed E-state index contributed by atoms with van der Waals surface area (Å²) in [7, 11) is 0. The Morgan fingerprint density at radius 3 is 1.17 bits per heavy atom. The first-order chi connectivity index (χ1) is 5.71. The first-order valence-electron chi connectivity index (χ1n) is 2.93. The molecule has 0 spiro atoms. The minimum atomic E-state index is -2.02. The van der Waals surface area contributed by atoms with Crippen LogP contribution in [0.2, 0.25) is 0 Å². The second kappa shape index (κ2) is 4.67. The molecule has 0 aromatic carbocycles. The molecule has 0 unspecified atom stereocenters. The van der Waals surface area contributed by atoms with Gasteiger partial charge in [0.05, 0.1) is 24.3 Å². The van der Waals surface area contributed by atoms with E-state index in [2.05, 4.69) is 0 Å². The molecule has 0 saturated carbocycles. The van der Waals surface area contributed by atoms with Crippen molar-refractivity contribution in [2.24, 2.45) is 11.8 Å². The molecule has 0 amide bonds. The second-order valence-electron chi connectivity index (χ2n) is 1.92. The molecule has 0 atom stereocenters. The summed E-state index contributed by atoms with van der Waals surface area (Å²) in [6.07, 6.45) is -2.02. The van der Waals surface area contributed by atoms with Gasteiger partial charge >= 0.3 is 0 Å². The van der Waals surface area contributed by atoms with Gasteiger partial charge in [0.15, 0.2) is 18.0 Å².